The fourth-order valence-corrected chi connectivity index (χ4v) is 3.37. The zero-order chi connectivity index (χ0) is 16.4. The van der Waals surface area contributed by atoms with E-state index in [0.29, 0.717) is 28.6 Å². The van der Waals surface area contributed by atoms with Gasteiger partial charge in [-0.25, -0.2) is 0 Å². The summed E-state index contributed by atoms with van der Waals surface area (Å²) in [6.45, 7) is 0.519. The summed E-state index contributed by atoms with van der Waals surface area (Å²) in [6, 6.07) is 10.9. The van der Waals surface area contributed by atoms with Crippen molar-refractivity contribution in [3.8, 4) is 0 Å². The van der Waals surface area contributed by atoms with E-state index in [1.807, 2.05) is 24.4 Å². The van der Waals surface area contributed by atoms with E-state index in [1.165, 1.54) is 0 Å². The van der Waals surface area contributed by atoms with Crippen LogP contribution in [0.25, 0.3) is 10.9 Å². The Hall–Kier alpha value is -1.49. The summed E-state index contributed by atoms with van der Waals surface area (Å²) in [6.07, 6.45) is 2.65. The SMILES string of the molecule is O=C(NCCc1c[nH]c2ccc(Cl)cc12)c1ccc(Br)cc1Cl. The summed E-state index contributed by atoms with van der Waals surface area (Å²) in [5.74, 6) is -0.180. The molecule has 1 heterocycles. The van der Waals surface area contributed by atoms with Crippen LogP contribution in [0.1, 0.15) is 15.9 Å². The van der Waals surface area contributed by atoms with Gasteiger partial charge in [-0.3, -0.25) is 4.79 Å². The number of aromatic amines is 1. The van der Waals surface area contributed by atoms with Crippen molar-refractivity contribution in [3.05, 3.63) is 68.2 Å². The summed E-state index contributed by atoms with van der Waals surface area (Å²) in [5, 5.41) is 5.09. The lowest BCUT2D eigenvalue weighted by Gasteiger charge is -2.07. The van der Waals surface area contributed by atoms with E-state index in [9.17, 15) is 4.79 Å². The number of rotatable bonds is 4. The molecule has 118 valence electrons. The maximum atomic E-state index is 12.2. The van der Waals surface area contributed by atoms with Crippen LogP contribution in [0.3, 0.4) is 0 Å². The van der Waals surface area contributed by atoms with Crippen molar-refractivity contribution < 1.29 is 4.79 Å². The van der Waals surface area contributed by atoms with E-state index in [4.69, 9.17) is 23.2 Å². The number of hydrogen-bond acceptors (Lipinski definition) is 1. The molecule has 2 N–H and O–H groups in total. The van der Waals surface area contributed by atoms with Gasteiger partial charge in [0, 0.05) is 33.1 Å². The summed E-state index contributed by atoms with van der Waals surface area (Å²) in [4.78, 5) is 15.4. The average molecular weight is 412 g/mol. The van der Waals surface area contributed by atoms with Gasteiger partial charge in [-0.2, -0.15) is 0 Å². The molecule has 0 saturated carbocycles. The van der Waals surface area contributed by atoms with Gasteiger partial charge >= 0.3 is 0 Å². The monoisotopic (exact) mass is 410 g/mol. The zero-order valence-electron chi connectivity index (χ0n) is 12.0. The number of halogens is 3. The highest BCUT2D eigenvalue weighted by Gasteiger charge is 2.11. The highest BCUT2D eigenvalue weighted by Crippen LogP contribution is 2.23. The molecule has 3 rings (SSSR count). The Balaban J connectivity index is 1.66. The minimum Gasteiger partial charge on any atom is -0.361 e. The van der Waals surface area contributed by atoms with Gasteiger partial charge in [-0.15, -0.1) is 0 Å². The summed E-state index contributed by atoms with van der Waals surface area (Å²) in [7, 11) is 0. The minimum absolute atomic E-state index is 0.180. The summed E-state index contributed by atoms with van der Waals surface area (Å²) in [5.41, 5.74) is 2.62. The van der Waals surface area contributed by atoms with Crippen molar-refractivity contribution >= 4 is 55.9 Å². The third-order valence-electron chi connectivity index (χ3n) is 3.59. The predicted molar refractivity (Wildman–Crippen MR) is 98.5 cm³/mol. The predicted octanol–water partition coefficient (Wildman–Crippen LogP) is 5.21. The van der Waals surface area contributed by atoms with Crippen LogP contribution in [-0.2, 0) is 6.42 Å². The molecule has 0 aliphatic carbocycles. The number of aromatic nitrogens is 1. The second-order valence-electron chi connectivity index (χ2n) is 5.13. The van der Waals surface area contributed by atoms with Gasteiger partial charge < -0.3 is 10.3 Å². The first kappa shape index (κ1) is 16.4. The molecule has 23 heavy (non-hydrogen) atoms. The Morgan fingerprint density at radius 1 is 1.17 bits per heavy atom. The van der Waals surface area contributed by atoms with E-state index < -0.39 is 0 Å². The molecule has 6 heteroatoms. The van der Waals surface area contributed by atoms with Crippen LogP contribution in [0.15, 0.2) is 47.1 Å². The number of carbonyl (C=O) groups is 1. The lowest BCUT2D eigenvalue weighted by Crippen LogP contribution is -2.25. The highest BCUT2D eigenvalue weighted by atomic mass is 79.9. The first-order chi connectivity index (χ1) is 11.0. The average Bonchev–Trinajstić information content (AvgIpc) is 2.89. The largest absolute Gasteiger partial charge is 0.361 e. The Kier molecular flexibility index (Phi) is 4.95. The van der Waals surface area contributed by atoms with Gasteiger partial charge in [-0.05, 0) is 48.4 Å². The van der Waals surface area contributed by atoms with Gasteiger partial charge in [0.15, 0.2) is 0 Å². The van der Waals surface area contributed by atoms with E-state index in [1.54, 1.807) is 18.2 Å². The van der Waals surface area contributed by atoms with Gasteiger partial charge in [0.2, 0.25) is 0 Å². The molecule has 3 nitrogen and oxygen atoms in total. The third-order valence-corrected chi connectivity index (χ3v) is 4.63. The number of amides is 1. The number of carbonyl (C=O) groups excluding carboxylic acids is 1. The maximum Gasteiger partial charge on any atom is 0.252 e. The van der Waals surface area contributed by atoms with Crippen LogP contribution in [0.5, 0.6) is 0 Å². The quantitative estimate of drug-likeness (QED) is 0.608. The Bertz CT molecular complexity index is 876. The van der Waals surface area contributed by atoms with E-state index in [2.05, 4.69) is 26.2 Å². The van der Waals surface area contributed by atoms with Crippen molar-refractivity contribution in [2.24, 2.45) is 0 Å². The molecule has 0 saturated heterocycles. The molecule has 0 unspecified atom stereocenters. The lowest BCUT2D eigenvalue weighted by molar-refractivity contribution is 0.0954. The number of benzene rings is 2. The van der Waals surface area contributed by atoms with E-state index >= 15 is 0 Å². The van der Waals surface area contributed by atoms with Gasteiger partial charge in [0.1, 0.15) is 0 Å². The summed E-state index contributed by atoms with van der Waals surface area (Å²) < 4.78 is 0.842. The van der Waals surface area contributed by atoms with E-state index in [0.717, 1.165) is 20.9 Å². The van der Waals surface area contributed by atoms with Crippen LogP contribution in [0.2, 0.25) is 10.0 Å². The molecule has 3 aromatic rings. The molecular formula is C17H13BrCl2N2O. The maximum absolute atomic E-state index is 12.2. The molecule has 2 aromatic carbocycles. The van der Waals surface area contributed by atoms with Crippen LogP contribution in [0, 0.1) is 0 Å². The standard InChI is InChI=1S/C17H13BrCl2N2O/c18-11-1-3-13(15(20)7-11)17(23)21-6-5-10-9-22-16-4-2-12(19)8-14(10)16/h1-4,7-9,22H,5-6H2,(H,21,23). The van der Waals surface area contributed by atoms with Crippen molar-refractivity contribution in [3.63, 3.8) is 0 Å². The molecule has 1 aromatic heterocycles. The molecule has 0 fully saturated rings. The second kappa shape index (κ2) is 6.95. The molecule has 1 amide bonds. The van der Waals surface area contributed by atoms with Crippen molar-refractivity contribution in [1.29, 1.82) is 0 Å². The smallest absolute Gasteiger partial charge is 0.252 e. The fourth-order valence-electron chi connectivity index (χ4n) is 2.44. The van der Waals surface area contributed by atoms with Gasteiger partial charge in [0.25, 0.3) is 5.91 Å². The highest BCUT2D eigenvalue weighted by molar-refractivity contribution is 9.10. The Morgan fingerprint density at radius 3 is 2.78 bits per heavy atom. The van der Waals surface area contributed by atoms with Crippen LogP contribution in [-0.4, -0.2) is 17.4 Å². The topological polar surface area (TPSA) is 44.9 Å². The van der Waals surface area contributed by atoms with Gasteiger partial charge in [-0.1, -0.05) is 39.1 Å². The van der Waals surface area contributed by atoms with Crippen LogP contribution in [0.4, 0.5) is 0 Å². The number of H-pyrrole nitrogens is 1. The zero-order valence-corrected chi connectivity index (χ0v) is 15.1. The number of fused-ring (bicyclic) bond motifs is 1. The Labute approximate surface area is 152 Å². The minimum atomic E-state index is -0.180. The molecule has 0 spiro atoms. The van der Waals surface area contributed by atoms with Crippen molar-refractivity contribution in [2.45, 2.75) is 6.42 Å². The second-order valence-corrected chi connectivity index (χ2v) is 6.89. The van der Waals surface area contributed by atoms with Crippen LogP contribution < -0.4 is 5.32 Å². The molecule has 0 aliphatic rings. The molecule has 0 aliphatic heterocycles. The molecular weight excluding hydrogens is 399 g/mol. The third kappa shape index (κ3) is 3.71. The molecule has 0 atom stereocenters. The van der Waals surface area contributed by atoms with E-state index in [-0.39, 0.29) is 5.91 Å². The van der Waals surface area contributed by atoms with Gasteiger partial charge in [0.05, 0.1) is 10.6 Å². The molecule has 0 bridgehead atoms. The van der Waals surface area contributed by atoms with Crippen molar-refractivity contribution in [1.82, 2.24) is 10.3 Å². The number of nitrogens with one attached hydrogen (secondary N) is 2. The van der Waals surface area contributed by atoms with Crippen LogP contribution >= 0.6 is 39.1 Å². The Morgan fingerprint density at radius 2 is 2.00 bits per heavy atom. The molecule has 0 radical (unpaired) electrons. The number of hydrogen-bond donors (Lipinski definition) is 2. The first-order valence-electron chi connectivity index (χ1n) is 7.03. The lowest BCUT2D eigenvalue weighted by atomic mass is 10.1. The van der Waals surface area contributed by atoms with Crippen molar-refractivity contribution in [2.75, 3.05) is 6.54 Å². The fraction of sp³-hybridized carbons (Fsp3) is 0.118. The summed E-state index contributed by atoms with van der Waals surface area (Å²) >= 11 is 15.5. The normalized spacial score (nSPS) is 10.9. The first-order valence-corrected chi connectivity index (χ1v) is 8.58.